The van der Waals surface area contributed by atoms with E-state index in [4.69, 9.17) is 9.47 Å². The summed E-state index contributed by atoms with van der Waals surface area (Å²) < 4.78 is 26.9. The third-order valence-electron chi connectivity index (χ3n) is 11.1. The number of benzene rings is 3. The molecule has 0 spiro atoms. The Morgan fingerprint density at radius 1 is 0.821 bits per heavy atom. The number of nitrogens with zero attached hydrogens (tertiary/aromatic N) is 4. The van der Waals surface area contributed by atoms with Crippen LogP contribution in [0.2, 0.25) is 0 Å². The number of carbonyl (C=O) groups is 2. The molecule has 13 heteroatoms. The smallest absolute Gasteiger partial charge is 0.408 e. The lowest BCUT2D eigenvalue weighted by Gasteiger charge is -2.29. The van der Waals surface area contributed by atoms with E-state index in [1.54, 1.807) is 23.4 Å². The lowest BCUT2D eigenvalue weighted by atomic mass is 10.0. The topological polar surface area (TPSA) is 150 Å². The third kappa shape index (κ3) is 7.39. The van der Waals surface area contributed by atoms with E-state index in [0.29, 0.717) is 72.9 Å². The summed E-state index contributed by atoms with van der Waals surface area (Å²) in [5, 5.41) is 8.22. The lowest BCUT2D eigenvalue weighted by molar-refractivity contribution is -0.134. The van der Waals surface area contributed by atoms with Crippen LogP contribution < -0.4 is 10.6 Å². The summed E-state index contributed by atoms with van der Waals surface area (Å²) in [7, 11) is 0. The fourth-order valence-corrected chi connectivity index (χ4v) is 8.09. The van der Waals surface area contributed by atoms with Gasteiger partial charge in [0, 0.05) is 47.7 Å². The van der Waals surface area contributed by atoms with Crippen LogP contribution in [0.15, 0.2) is 91.4 Å². The minimum atomic E-state index is -0.936. The molecule has 0 aliphatic carbocycles. The minimum absolute atomic E-state index is 0.248. The first-order chi connectivity index (χ1) is 27.5. The number of fused-ring (bicyclic) bond motifs is 1. The first-order valence-corrected chi connectivity index (χ1v) is 19.4. The van der Waals surface area contributed by atoms with Crippen molar-refractivity contribution in [3.05, 3.63) is 114 Å². The van der Waals surface area contributed by atoms with Gasteiger partial charge in [0.05, 0.1) is 54.8 Å². The fraction of sp³-hybridized carbons (Fsp3) is 0.326. The van der Waals surface area contributed by atoms with Gasteiger partial charge < -0.3 is 35.0 Å². The molecule has 3 aliphatic rings. The summed E-state index contributed by atoms with van der Waals surface area (Å²) in [5.41, 5.74) is 4.81. The highest BCUT2D eigenvalue weighted by Gasteiger charge is 2.37. The summed E-state index contributed by atoms with van der Waals surface area (Å²) in [6, 6.07) is 21.3. The number of halogens is 1. The predicted molar refractivity (Wildman–Crippen MR) is 209 cm³/mol. The van der Waals surface area contributed by atoms with E-state index in [1.807, 2.05) is 60.8 Å². The van der Waals surface area contributed by atoms with E-state index in [9.17, 15) is 9.59 Å². The predicted octanol–water partition coefficient (Wildman–Crippen LogP) is 7.56. The zero-order valence-electron chi connectivity index (χ0n) is 30.8. The summed E-state index contributed by atoms with van der Waals surface area (Å²) in [5.74, 6) is 0.903. The molecule has 12 nitrogen and oxygen atoms in total. The van der Waals surface area contributed by atoms with E-state index in [2.05, 4.69) is 41.6 Å². The molecule has 6 heterocycles. The minimum Gasteiger partial charge on any atom is -0.446 e. The van der Waals surface area contributed by atoms with Crippen LogP contribution in [-0.2, 0) is 14.3 Å². The highest BCUT2D eigenvalue weighted by molar-refractivity contribution is 5.89. The van der Waals surface area contributed by atoms with E-state index in [-0.39, 0.29) is 24.1 Å². The molecule has 3 aromatic carbocycles. The Bertz CT molecular complexity index is 2350. The number of hydrogen-bond donors (Lipinski definition) is 4. The number of ether oxygens (including phenoxy) is 2. The molecule has 4 N–H and O–H groups in total. The number of imidazole rings is 2. The van der Waals surface area contributed by atoms with Gasteiger partial charge in [-0.1, -0.05) is 48.5 Å². The van der Waals surface area contributed by atoms with Crippen molar-refractivity contribution in [3.63, 3.8) is 0 Å². The van der Waals surface area contributed by atoms with Gasteiger partial charge in [-0.3, -0.25) is 9.78 Å². The van der Waals surface area contributed by atoms with Crippen LogP contribution in [0.25, 0.3) is 44.5 Å². The number of alkyl carbamates (subject to hydrolysis) is 1. The van der Waals surface area contributed by atoms with Gasteiger partial charge in [0.15, 0.2) is 0 Å². The number of nitrogens with one attached hydrogen (secondary N) is 4. The molecule has 3 atom stereocenters. The number of carbonyl (C=O) groups excluding carboxylic acids is 2. The van der Waals surface area contributed by atoms with Gasteiger partial charge in [-0.2, -0.15) is 0 Å². The Balaban J connectivity index is 0.901. The summed E-state index contributed by atoms with van der Waals surface area (Å²) >= 11 is 0. The lowest BCUT2D eigenvalue weighted by Crippen LogP contribution is -2.44. The van der Waals surface area contributed by atoms with Crippen molar-refractivity contribution in [1.82, 2.24) is 40.5 Å². The van der Waals surface area contributed by atoms with E-state index >= 15 is 4.39 Å². The Morgan fingerprint density at radius 2 is 1.59 bits per heavy atom. The zero-order valence-corrected chi connectivity index (χ0v) is 30.8. The van der Waals surface area contributed by atoms with Gasteiger partial charge in [-0.15, -0.1) is 0 Å². The maximum absolute atomic E-state index is 15.8. The van der Waals surface area contributed by atoms with Crippen molar-refractivity contribution in [2.24, 2.45) is 0 Å². The molecule has 0 bridgehead atoms. The molecule has 2 amide bonds. The van der Waals surface area contributed by atoms with Gasteiger partial charge in [-0.05, 0) is 67.4 Å². The summed E-state index contributed by atoms with van der Waals surface area (Å²) in [6.45, 7) is 2.58. The molecule has 3 aliphatic heterocycles. The number of aromatic amines is 2. The van der Waals surface area contributed by atoms with Gasteiger partial charge in [0.1, 0.15) is 29.6 Å². The molecule has 9 rings (SSSR count). The number of aromatic nitrogens is 5. The largest absolute Gasteiger partial charge is 0.446 e. The van der Waals surface area contributed by atoms with Crippen LogP contribution >= 0.6 is 0 Å². The molecule has 3 saturated heterocycles. The molecule has 56 heavy (non-hydrogen) atoms. The Kier molecular flexibility index (Phi) is 10.0. The van der Waals surface area contributed by atoms with Crippen molar-refractivity contribution in [2.75, 3.05) is 26.3 Å². The molecular weight excluding hydrogens is 712 g/mol. The molecule has 286 valence electrons. The maximum Gasteiger partial charge on any atom is 0.408 e. The number of H-pyrrole nitrogens is 2. The highest BCUT2D eigenvalue weighted by Crippen LogP contribution is 2.35. The average molecular weight is 755 g/mol. The number of likely N-dealkylation sites (tertiary alicyclic amines) is 1. The molecule has 0 saturated carbocycles. The van der Waals surface area contributed by atoms with Crippen LogP contribution in [0.4, 0.5) is 9.18 Å². The zero-order chi connectivity index (χ0) is 38.0. The van der Waals surface area contributed by atoms with Gasteiger partial charge in [0.25, 0.3) is 5.91 Å². The normalized spacial score (nSPS) is 19.3. The second kappa shape index (κ2) is 15.7. The van der Waals surface area contributed by atoms with Gasteiger partial charge >= 0.3 is 6.09 Å². The average Bonchev–Trinajstić information content (AvgIpc) is 4.08. The quantitative estimate of drug-likeness (QED) is 0.118. The fourth-order valence-electron chi connectivity index (χ4n) is 8.09. The van der Waals surface area contributed by atoms with Crippen molar-refractivity contribution in [2.45, 2.75) is 62.8 Å². The Morgan fingerprint density at radius 3 is 2.38 bits per heavy atom. The van der Waals surface area contributed by atoms with Crippen molar-refractivity contribution < 1.29 is 23.5 Å². The Hall–Kier alpha value is -5.92. The number of pyridine rings is 1. The highest BCUT2D eigenvalue weighted by atomic mass is 19.1. The molecule has 3 aromatic heterocycles. The van der Waals surface area contributed by atoms with Crippen LogP contribution in [0, 0.1) is 5.82 Å². The van der Waals surface area contributed by atoms with E-state index in [0.717, 1.165) is 53.7 Å². The van der Waals surface area contributed by atoms with E-state index in [1.165, 1.54) is 6.07 Å². The first-order valence-electron chi connectivity index (χ1n) is 19.4. The van der Waals surface area contributed by atoms with Gasteiger partial charge in [0.2, 0.25) is 0 Å². The van der Waals surface area contributed by atoms with Gasteiger partial charge in [-0.25, -0.2) is 19.2 Å². The monoisotopic (exact) mass is 754 g/mol. The standard InChI is InChI=1S/C43H43FN8O4/c44-33-21-29(12-13-32(33)35-22-27-10-11-28(20-30(27)23-46-35)36-24-47-40(49-36)34-8-4-16-45-34)37-25-48-41(50-37)38-9-5-17-52(38)42(53)39(26-6-2-1-3-7-26)51-43(54)56-31-14-18-55-19-15-31/h1-3,6-7,10-13,20-25,31,34,38-39,45H,4-5,8-9,14-19H2,(H,47,49)(H,48,50)(H,51,54)/t34-,38-,39+/m0/s1. The molecule has 0 radical (unpaired) electrons. The van der Waals surface area contributed by atoms with Crippen molar-refractivity contribution in [3.8, 4) is 33.8 Å². The molecule has 0 unspecified atom stereocenters. The molecule has 3 fully saturated rings. The van der Waals surface area contributed by atoms with Crippen LogP contribution in [0.5, 0.6) is 0 Å². The van der Waals surface area contributed by atoms with Crippen LogP contribution in [0.3, 0.4) is 0 Å². The van der Waals surface area contributed by atoms with Crippen molar-refractivity contribution in [1.29, 1.82) is 0 Å². The number of amides is 2. The summed E-state index contributed by atoms with van der Waals surface area (Å²) in [6.07, 6.45) is 9.35. The second-order valence-electron chi connectivity index (χ2n) is 14.7. The first kappa shape index (κ1) is 35.8. The Labute approximate surface area is 323 Å². The number of hydrogen-bond acceptors (Lipinski definition) is 8. The maximum atomic E-state index is 15.8. The van der Waals surface area contributed by atoms with E-state index < -0.39 is 18.0 Å². The third-order valence-corrected chi connectivity index (χ3v) is 11.1. The number of rotatable bonds is 9. The van der Waals surface area contributed by atoms with Crippen molar-refractivity contribution >= 4 is 22.8 Å². The van der Waals surface area contributed by atoms with Crippen LogP contribution in [0.1, 0.15) is 73.9 Å². The molecule has 6 aromatic rings. The second-order valence-corrected chi connectivity index (χ2v) is 14.7. The molecular formula is C43H43FN8O4. The SMILES string of the molecule is O=C(N[C@@H](C(=O)N1CCC[C@H]1c1ncc(-c2ccc(-c3cc4ccc(-c5cnc([C@@H]6CCCN6)[nH]5)cc4cn3)c(F)c2)[nH]1)c1ccccc1)OC1CCOCC1. The van der Waals surface area contributed by atoms with Crippen LogP contribution in [-0.4, -0.2) is 74.2 Å². The summed E-state index contributed by atoms with van der Waals surface area (Å²) in [4.78, 5) is 49.7.